The smallest absolute Gasteiger partial charge is 0.174 e. The Bertz CT molecular complexity index is 371. The van der Waals surface area contributed by atoms with Gasteiger partial charge in [-0.25, -0.2) is 8.78 Å². The van der Waals surface area contributed by atoms with Crippen molar-refractivity contribution in [1.82, 2.24) is 0 Å². The van der Waals surface area contributed by atoms with Crippen LogP contribution in [0.2, 0.25) is 0 Å². The van der Waals surface area contributed by atoms with Crippen LogP contribution in [-0.4, -0.2) is 0 Å². The first-order valence-electron chi connectivity index (χ1n) is 2.81. The number of hydrogen-bond donors (Lipinski definition) is 0. The Kier molecular flexibility index (Phi) is 2.80. The van der Waals surface area contributed by atoms with Crippen molar-refractivity contribution in [3.05, 3.63) is 32.2 Å². The van der Waals surface area contributed by atoms with Gasteiger partial charge in [0.15, 0.2) is 11.6 Å². The van der Waals surface area contributed by atoms with E-state index in [1.54, 1.807) is 6.07 Å². The van der Waals surface area contributed by atoms with E-state index in [0.717, 1.165) is 6.07 Å². The van der Waals surface area contributed by atoms with Gasteiger partial charge in [-0.05, 0) is 37.9 Å². The molecule has 1 rings (SSSR count). The van der Waals surface area contributed by atoms with E-state index in [1.807, 2.05) is 0 Å². The molecule has 0 fully saturated rings. The predicted molar refractivity (Wildman–Crippen MR) is 46.5 cm³/mol. The fraction of sp³-hybridized carbons (Fsp3) is 0. The first-order valence-corrected chi connectivity index (χ1v) is 4.39. The normalized spacial score (nSPS) is 9.58. The largest absolute Gasteiger partial charge is 0.204 e. The summed E-state index contributed by atoms with van der Waals surface area (Å²) < 4.78 is 25.5. The zero-order chi connectivity index (χ0) is 9.30. The van der Waals surface area contributed by atoms with E-state index in [9.17, 15) is 8.78 Å². The van der Waals surface area contributed by atoms with Gasteiger partial charge < -0.3 is 0 Å². The summed E-state index contributed by atoms with van der Waals surface area (Å²) in [6.45, 7) is 0. The van der Waals surface area contributed by atoms with Crippen molar-refractivity contribution < 1.29 is 8.78 Å². The Morgan fingerprint density at radius 2 is 1.83 bits per heavy atom. The molecule has 0 aliphatic rings. The third-order valence-electron chi connectivity index (χ3n) is 1.22. The van der Waals surface area contributed by atoms with Gasteiger partial charge in [-0.15, -0.1) is 0 Å². The van der Waals surface area contributed by atoms with Gasteiger partial charge in [0.1, 0.15) is 6.07 Å². The van der Waals surface area contributed by atoms with Gasteiger partial charge >= 0.3 is 0 Å². The first-order chi connectivity index (χ1) is 5.57. The molecule has 0 aliphatic carbocycles. The predicted octanol–water partition coefficient (Wildman–Crippen LogP) is 3.36. The number of rotatable bonds is 0. The average molecular weight is 297 g/mol. The van der Waals surface area contributed by atoms with Crippen molar-refractivity contribution in [2.24, 2.45) is 0 Å². The Morgan fingerprint density at radius 3 is 2.33 bits per heavy atom. The van der Waals surface area contributed by atoms with E-state index >= 15 is 0 Å². The SMILES string of the molecule is N#Cc1cc(F)c(F)c(Br)c1Br. The molecule has 0 saturated heterocycles. The minimum absolute atomic E-state index is 0.0563. The summed E-state index contributed by atoms with van der Waals surface area (Å²) in [5.74, 6) is -2.04. The maximum Gasteiger partial charge on any atom is 0.174 e. The van der Waals surface area contributed by atoms with Crippen molar-refractivity contribution in [3.63, 3.8) is 0 Å². The highest BCUT2D eigenvalue weighted by atomic mass is 79.9. The second-order valence-corrected chi connectivity index (χ2v) is 3.55. The van der Waals surface area contributed by atoms with Crippen molar-refractivity contribution in [3.8, 4) is 6.07 Å². The van der Waals surface area contributed by atoms with Gasteiger partial charge in [0, 0.05) is 0 Å². The molecular weight excluding hydrogens is 296 g/mol. The number of benzene rings is 1. The molecule has 1 aromatic carbocycles. The van der Waals surface area contributed by atoms with Crippen molar-refractivity contribution in [2.75, 3.05) is 0 Å². The summed E-state index contributed by atoms with van der Waals surface area (Å²) in [4.78, 5) is 0. The molecule has 0 N–H and O–H groups in total. The molecule has 62 valence electrons. The molecule has 1 nitrogen and oxygen atoms in total. The summed E-state index contributed by atoms with van der Waals surface area (Å²) in [7, 11) is 0. The Balaban J connectivity index is 3.52. The van der Waals surface area contributed by atoms with Crippen LogP contribution in [0.5, 0.6) is 0 Å². The van der Waals surface area contributed by atoms with Gasteiger partial charge in [-0.2, -0.15) is 5.26 Å². The minimum Gasteiger partial charge on any atom is -0.204 e. The number of nitrogens with zero attached hydrogens (tertiary/aromatic N) is 1. The zero-order valence-electron chi connectivity index (χ0n) is 5.54. The molecule has 1 aromatic rings. The third kappa shape index (κ3) is 1.50. The average Bonchev–Trinajstić information content (AvgIpc) is 2.08. The van der Waals surface area contributed by atoms with E-state index in [2.05, 4.69) is 31.9 Å². The summed E-state index contributed by atoms with van der Waals surface area (Å²) in [6, 6.07) is 2.56. The number of halogens is 4. The molecule has 5 heteroatoms. The van der Waals surface area contributed by atoms with Crippen LogP contribution in [-0.2, 0) is 0 Å². The van der Waals surface area contributed by atoms with Crippen molar-refractivity contribution in [1.29, 1.82) is 5.26 Å². The maximum absolute atomic E-state index is 12.7. The van der Waals surface area contributed by atoms with Gasteiger partial charge in [0.05, 0.1) is 14.5 Å². The highest BCUT2D eigenvalue weighted by molar-refractivity contribution is 9.13. The molecule has 0 amide bonds. The van der Waals surface area contributed by atoms with Crippen LogP contribution >= 0.6 is 31.9 Å². The zero-order valence-corrected chi connectivity index (χ0v) is 8.71. The van der Waals surface area contributed by atoms with Gasteiger partial charge in [0.2, 0.25) is 0 Å². The third-order valence-corrected chi connectivity index (χ3v) is 3.32. The van der Waals surface area contributed by atoms with Crippen LogP contribution in [0.3, 0.4) is 0 Å². The van der Waals surface area contributed by atoms with Crippen LogP contribution < -0.4 is 0 Å². The lowest BCUT2D eigenvalue weighted by atomic mass is 10.2. The van der Waals surface area contributed by atoms with E-state index in [0.29, 0.717) is 0 Å². The summed E-state index contributed by atoms with van der Waals surface area (Å²) in [5.41, 5.74) is 0.0563. The lowest BCUT2D eigenvalue weighted by Crippen LogP contribution is -1.90. The van der Waals surface area contributed by atoms with E-state index in [-0.39, 0.29) is 14.5 Å². The van der Waals surface area contributed by atoms with E-state index in [1.165, 1.54) is 0 Å². The molecule has 0 radical (unpaired) electrons. The topological polar surface area (TPSA) is 23.8 Å². The lowest BCUT2D eigenvalue weighted by Gasteiger charge is -2.00. The molecule has 0 spiro atoms. The second-order valence-electron chi connectivity index (χ2n) is 1.96. The fourth-order valence-corrected chi connectivity index (χ4v) is 1.43. The van der Waals surface area contributed by atoms with Gasteiger partial charge in [-0.1, -0.05) is 0 Å². The van der Waals surface area contributed by atoms with Crippen LogP contribution in [0.4, 0.5) is 8.78 Å². The van der Waals surface area contributed by atoms with Crippen LogP contribution in [0, 0.1) is 23.0 Å². The molecule has 0 bridgehead atoms. The van der Waals surface area contributed by atoms with Gasteiger partial charge in [-0.3, -0.25) is 0 Å². The molecule has 0 aliphatic heterocycles. The second kappa shape index (κ2) is 3.50. The minimum atomic E-state index is -1.04. The standard InChI is InChI=1S/C7HBr2F2N/c8-5-3(2-12)1-4(10)7(11)6(5)9/h1H. The van der Waals surface area contributed by atoms with Crippen LogP contribution in [0.25, 0.3) is 0 Å². The molecule has 12 heavy (non-hydrogen) atoms. The van der Waals surface area contributed by atoms with E-state index in [4.69, 9.17) is 5.26 Å². The Labute approximate surface area is 84.3 Å². The highest BCUT2D eigenvalue weighted by Gasteiger charge is 2.14. The molecule has 0 heterocycles. The van der Waals surface area contributed by atoms with Crippen molar-refractivity contribution >= 4 is 31.9 Å². The highest BCUT2D eigenvalue weighted by Crippen LogP contribution is 2.30. The number of hydrogen-bond acceptors (Lipinski definition) is 1. The van der Waals surface area contributed by atoms with E-state index < -0.39 is 11.6 Å². The summed E-state index contributed by atoms with van der Waals surface area (Å²) in [5, 5.41) is 8.47. The molecular formula is C7HBr2F2N. The van der Waals surface area contributed by atoms with Gasteiger partial charge in [0.25, 0.3) is 0 Å². The first kappa shape index (κ1) is 9.62. The monoisotopic (exact) mass is 295 g/mol. The fourth-order valence-electron chi connectivity index (χ4n) is 0.654. The maximum atomic E-state index is 12.7. The van der Waals surface area contributed by atoms with Crippen molar-refractivity contribution in [2.45, 2.75) is 0 Å². The quantitative estimate of drug-likeness (QED) is 0.532. The number of nitriles is 1. The Morgan fingerprint density at radius 1 is 1.25 bits per heavy atom. The summed E-state index contributed by atoms with van der Waals surface area (Å²) in [6.07, 6.45) is 0. The Hall–Kier alpha value is -0.470. The van der Waals surface area contributed by atoms with Crippen LogP contribution in [0.1, 0.15) is 5.56 Å². The lowest BCUT2D eigenvalue weighted by molar-refractivity contribution is 0.503. The molecule has 0 atom stereocenters. The molecule has 0 unspecified atom stereocenters. The molecule has 0 aromatic heterocycles. The van der Waals surface area contributed by atoms with Crippen LogP contribution in [0.15, 0.2) is 15.0 Å². The summed E-state index contributed by atoms with van der Waals surface area (Å²) >= 11 is 5.76. The molecule has 0 saturated carbocycles.